The standard InChI is InChI=1S/C18H26N2O4/c1-12(2)15(19-16(22)13-9-7-6-8-10-13)17(23)24-11-14(21)20-18(3,4)5/h6-10,12,15H,11H2,1-5H3,(H,19,22)(H,20,21)/t15-/m1/s1. The molecule has 2 amide bonds. The summed E-state index contributed by atoms with van der Waals surface area (Å²) in [6, 6.07) is 7.80. The summed E-state index contributed by atoms with van der Waals surface area (Å²) >= 11 is 0. The van der Waals surface area contributed by atoms with Gasteiger partial charge in [-0.3, -0.25) is 9.59 Å². The van der Waals surface area contributed by atoms with Crippen molar-refractivity contribution >= 4 is 17.8 Å². The van der Waals surface area contributed by atoms with E-state index in [-0.39, 0.29) is 24.3 Å². The van der Waals surface area contributed by atoms with Gasteiger partial charge in [-0.15, -0.1) is 0 Å². The Morgan fingerprint density at radius 2 is 1.67 bits per heavy atom. The van der Waals surface area contributed by atoms with Crippen LogP contribution < -0.4 is 10.6 Å². The van der Waals surface area contributed by atoms with Gasteiger partial charge in [0.1, 0.15) is 6.04 Å². The normalized spacial score (nSPS) is 12.4. The number of amides is 2. The topological polar surface area (TPSA) is 84.5 Å². The predicted molar refractivity (Wildman–Crippen MR) is 91.4 cm³/mol. The molecule has 0 unspecified atom stereocenters. The van der Waals surface area contributed by atoms with Crippen molar-refractivity contribution in [3.05, 3.63) is 35.9 Å². The summed E-state index contributed by atoms with van der Waals surface area (Å²) in [6.07, 6.45) is 0. The van der Waals surface area contributed by atoms with Crippen LogP contribution in [0.2, 0.25) is 0 Å². The first-order chi connectivity index (χ1) is 11.1. The Hall–Kier alpha value is -2.37. The molecule has 1 aromatic carbocycles. The molecule has 0 aliphatic rings. The molecule has 132 valence electrons. The molecule has 0 bridgehead atoms. The Balaban J connectivity index is 2.63. The van der Waals surface area contributed by atoms with E-state index in [0.29, 0.717) is 5.56 Å². The van der Waals surface area contributed by atoms with Gasteiger partial charge >= 0.3 is 5.97 Å². The Kier molecular flexibility index (Phi) is 6.95. The molecule has 0 saturated carbocycles. The Bertz CT molecular complexity index is 576. The van der Waals surface area contributed by atoms with Gasteiger partial charge in [0.2, 0.25) is 0 Å². The van der Waals surface area contributed by atoms with E-state index in [9.17, 15) is 14.4 Å². The summed E-state index contributed by atoms with van der Waals surface area (Å²) in [6.45, 7) is 8.73. The molecule has 1 atom stereocenters. The molecule has 0 saturated heterocycles. The molecule has 1 aromatic rings. The number of hydrogen-bond acceptors (Lipinski definition) is 4. The Morgan fingerprint density at radius 1 is 1.08 bits per heavy atom. The molecule has 6 heteroatoms. The van der Waals surface area contributed by atoms with Crippen molar-refractivity contribution in [1.82, 2.24) is 10.6 Å². The third-order valence-corrected chi connectivity index (χ3v) is 3.10. The number of benzene rings is 1. The minimum Gasteiger partial charge on any atom is -0.454 e. The maximum absolute atomic E-state index is 12.2. The number of hydrogen-bond donors (Lipinski definition) is 2. The molecule has 0 heterocycles. The summed E-state index contributed by atoms with van der Waals surface area (Å²) in [5.41, 5.74) is 0.0593. The van der Waals surface area contributed by atoms with E-state index < -0.39 is 17.6 Å². The predicted octanol–water partition coefficient (Wildman–Crippen LogP) is 1.90. The summed E-state index contributed by atoms with van der Waals surface area (Å²) in [7, 11) is 0. The second kappa shape index (κ2) is 8.47. The maximum atomic E-state index is 12.2. The van der Waals surface area contributed by atoms with Gasteiger partial charge < -0.3 is 15.4 Å². The van der Waals surface area contributed by atoms with Crippen molar-refractivity contribution in [3.8, 4) is 0 Å². The molecule has 24 heavy (non-hydrogen) atoms. The molecule has 0 aromatic heterocycles. The second-order valence-electron chi connectivity index (χ2n) is 6.97. The van der Waals surface area contributed by atoms with Crippen molar-refractivity contribution in [1.29, 1.82) is 0 Å². The largest absolute Gasteiger partial charge is 0.454 e. The number of carbonyl (C=O) groups is 3. The van der Waals surface area contributed by atoms with Gasteiger partial charge in [0.15, 0.2) is 6.61 Å². The van der Waals surface area contributed by atoms with E-state index in [1.54, 1.807) is 44.2 Å². The van der Waals surface area contributed by atoms with Crippen LogP contribution in [0.15, 0.2) is 30.3 Å². The van der Waals surface area contributed by atoms with Crippen LogP contribution in [-0.2, 0) is 14.3 Å². The first kappa shape index (κ1) is 19.7. The smallest absolute Gasteiger partial charge is 0.329 e. The molecule has 0 spiro atoms. The highest BCUT2D eigenvalue weighted by Crippen LogP contribution is 2.07. The number of ether oxygens (including phenoxy) is 1. The highest BCUT2D eigenvalue weighted by molar-refractivity contribution is 5.97. The summed E-state index contributed by atoms with van der Waals surface area (Å²) in [5, 5.41) is 5.37. The zero-order chi connectivity index (χ0) is 18.3. The SMILES string of the molecule is CC(C)[C@@H](NC(=O)c1ccccc1)C(=O)OCC(=O)NC(C)(C)C. The molecular formula is C18H26N2O4. The Labute approximate surface area is 143 Å². The van der Waals surface area contributed by atoms with Crippen molar-refractivity contribution in [3.63, 3.8) is 0 Å². The molecule has 6 nitrogen and oxygen atoms in total. The fourth-order valence-corrected chi connectivity index (χ4v) is 1.99. The molecule has 0 fully saturated rings. The van der Waals surface area contributed by atoms with Crippen molar-refractivity contribution in [2.45, 2.75) is 46.2 Å². The van der Waals surface area contributed by atoms with Gasteiger partial charge in [-0.25, -0.2) is 4.79 Å². The van der Waals surface area contributed by atoms with Gasteiger partial charge in [-0.1, -0.05) is 32.0 Å². The molecular weight excluding hydrogens is 308 g/mol. The van der Waals surface area contributed by atoms with Crippen LogP contribution in [0, 0.1) is 5.92 Å². The van der Waals surface area contributed by atoms with Gasteiger partial charge in [0.05, 0.1) is 0 Å². The van der Waals surface area contributed by atoms with Crippen molar-refractivity contribution in [2.24, 2.45) is 5.92 Å². The average molecular weight is 334 g/mol. The fraction of sp³-hybridized carbons (Fsp3) is 0.500. The van der Waals surface area contributed by atoms with Crippen LogP contribution in [-0.4, -0.2) is 36.0 Å². The van der Waals surface area contributed by atoms with Crippen molar-refractivity contribution < 1.29 is 19.1 Å². The molecule has 0 aliphatic heterocycles. The molecule has 0 aliphatic carbocycles. The third-order valence-electron chi connectivity index (χ3n) is 3.10. The van der Waals surface area contributed by atoms with Crippen LogP contribution in [0.4, 0.5) is 0 Å². The minimum absolute atomic E-state index is 0.171. The van der Waals surface area contributed by atoms with E-state index in [0.717, 1.165) is 0 Å². The van der Waals surface area contributed by atoms with E-state index in [4.69, 9.17) is 4.74 Å². The molecule has 2 N–H and O–H groups in total. The van der Waals surface area contributed by atoms with Crippen LogP contribution in [0.5, 0.6) is 0 Å². The first-order valence-electron chi connectivity index (χ1n) is 7.93. The highest BCUT2D eigenvalue weighted by atomic mass is 16.5. The van der Waals surface area contributed by atoms with Gasteiger partial charge in [-0.2, -0.15) is 0 Å². The Morgan fingerprint density at radius 3 is 2.17 bits per heavy atom. The number of nitrogens with one attached hydrogen (secondary N) is 2. The van der Waals surface area contributed by atoms with Gasteiger partial charge in [-0.05, 0) is 38.8 Å². The number of esters is 1. The summed E-state index contributed by atoms with van der Waals surface area (Å²) in [5.74, 6) is -1.53. The number of carbonyl (C=O) groups excluding carboxylic acids is 3. The lowest BCUT2D eigenvalue weighted by molar-refractivity contribution is -0.151. The van der Waals surface area contributed by atoms with E-state index in [2.05, 4.69) is 10.6 Å². The maximum Gasteiger partial charge on any atom is 0.329 e. The lowest BCUT2D eigenvalue weighted by Gasteiger charge is -2.23. The van der Waals surface area contributed by atoms with E-state index in [1.165, 1.54) is 0 Å². The second-order valence-corrected chi connectivity index (χ2v) is 6.97. The van der Waals surface area contributed by atoms with Crippen LogP contribution in [0.3, 0.4) is 0 Å². The quantitative estimate of drug-likeness (QED) is 0.778. The van der Waals surface area contributed by atoms with Gasteiger partial charge in [0.25, 0.3) is 11.8 Å². The third kappa shape index (κ3) is 6.81. The highest BCUT2D eigenvalue weighted by Gasteiger charge is 2.27. The van der Waals surface area contributed by atoms with Gasteiger partial charge in [0, 0.05) is 11.1 Å². The lowest BCUT2D eigenvalue weighted by Crippen LogP contribution is -2.47. The summed E-state index contributed by atoms with van der Waals surface area (Å²) in [4.78, 5) is 36.1. The minimum atomic E-state index is -0.819. The van der Waals surface area contributed by atoms with E-state index >= 15 is 0 Å². The molecule has 0 radical (unpaired) electrons. The van der Waals surface area contributed by atoms with Crippen LogP contribution >= 0.6 is 0 Å². The first-order valence-corrected chi connectivity index (χ1v) is 7.93. The zero-order valence-corrected chi connectivity index (χ0v) is 14.9. The zero-order valence-electron chi connectivity index (χ0n) is 14.9. The summed E-state index contributed by atoms with van der Waals surface area (Å²) < 4.78 is 5.04. The lowest BCUT2D eigenvalue weighted by atomic mass is 10.0. The van der Waals surface area contributed by atoms with E-state index in [1.807, 2.05) is 20.8 Å². The average Bonchev–Trinajstić information content (AvgIpc) is 2.49. The number of rotatable bonds is 6. The van der Waals surface area contributed by atoms with Crippen LogP contribution in [0.25, 0.3) is 0 Å². The fourth-order valence-electron chi connectivity index (χ4n) is 1.99. The van der Waals surface area contributed by atoms with Crippen LogP contribution in [0.1, 0.15) is 45.0 Å². The molecule has 1 rings (SSSR count). The van der Waals surface area contributed by atoms with Crippen molar-refractivity contribution in [2.75, 3.05) is 6.61 Å². The monoisotopic (exact) mass is 334 g/mol.